The van der Waals surface area contributed by atoms with E-state index in [2.05, 4.69) is 6.92 Å². The molecule has 0 amide bonds. The summed E-state index contributed by atoms with van der Waals surface area (Å²) in [6.45, 7) is 4.34. The highest BCUT2D eigenvalue weighted by molar-refractivity contribution is 5.65. The first-order valence-corrected chi connectivity index (χ1v) is 13.3. The lowest BCUT2D eigenvalue weighted by Crippen LogP contribution is -2.07. The second kappa shape index (κ2) is 14.7. The van der Waals surface area contributed by atoms with Gasteiger partial charge in [-0.15, -0.1) is 0 Å². The number of aryl methyl sites for hydroxylation is 1. The van der Waals surface area contributed by atoms with Gasteiger partial charge in [0.05, 0.1) is 13.2 Å². The molecule has 0 radical (unpaired) electrons. The quantitative estimate of drug-likeness (QED) is 0.143. The number of benzene rings is 3. The van der Waals surface area contributed by atoms with Crippen LogP contribution in [-0.4, -0.2) is 13.2 Å². The first-order valence-electron chi connectivity index (χ1n) is 13.3. The van der Waals surface area contributed by atoms with E-state index >= 15 is 0 Å². The third kappa shape index (κ3) is 7.95. The van der Waals surface area contributed by atoms with E-state index in [1.807, 2.05) is 6.92 Å². The van der Waals surface area contributed by atoms with E-state index in [9.17, 15) is 22.0 Å². The van der Waals surface area contributed by atoms with Crippen LogP contribution >= 0.6 is 0 Å². The van der Waals surface area contributed by atoms with E-state index in [1.165, 1.54) is 24.3 Å². The Balaban J connectivity index is 1.61. The predicted octanol–water partition coefficient (Wildman–Crippen LogP) is 9.69. The van der Waals surface area contributed by atoms with Crippen LogP contribution in [-0.2, 0) is 6.42 Å². The Morgan fingerprint density at radius 1 is 0.711 bits per heavy atom. The standard InChI is InChI=1S/C31H35F5O2/c1-3-5-7-8-9-21-10-11-22(19-27(21)33)24-13-14-25(31(36)30(24)35)26(32)16-18-38-29-15-12-23(20-28(29)34)37-17-6-4-2/h10-15,19-20,26H,3-9,16-18H2,1-2H3. The minimum absolute atomic E-state index is 0.0853. The Morgan fingerprint density at radius 3 is 2.21 bits per heavy atom. The Hall–Kier alpha value is -3.09. The Kier molecular flexibility index (Phi) is 11.4. The molecule has 0 heterocycles. The summed E-state index contributed by atoms with van der Waals surface area (Å²) in [5, 5.41) is 0. The number of halogens is 5. The number of hydrogen-bond acceptors (Lipinski definition) is 2. The lowest BCUT2D eigenvalue weighted by Gasteiger charge is -2.14. The SMILES string of the molecule is CCCCCCc1ccc(-c2ccc(C(F)CCOc3ccc(OCCCC)cc3F)c(F)c2F)cc1F. The number of rotatable bonds is 15. The van der Waals surface area contributed by atoms with Crippen LogP contribution in [0.3, 0.4) is 0 Å². The van der Waals surface area contributed by atoms with Gasteiger partial charge in [-0.3, -0.25) is 0 Å². The fourth-order valence-corrected chi connectivity index (χ4v) is 4.14. The van der Waals surface area contributed by atoms with Crippen molar-refractivity contribution in [1.82, 2.24) is 0 Å². The molecule has 0 aliphatic carbocycles. The van der Waals surface area contributed by atoms with E-state index in [4.69, 9.17) is 9.47 Å². The first-order chi connectivity index (χ1) is 18.3. The van der Waals surface area contributed by atoms with Crippen LogP contribution in [0.5, 0.6) is 11.5 Å². The molecule has 0 saturated heterocycles. The van der Waals surface area contributed by atoms with Gasteiger partial charge in [0.1, 0.15) is 17.7 Å². The van der Waals surface area contributed by atoms with E-state index in [0.717, 1.165) is 44.6 Å². The number of alkyl halides is 1. The number of ether oxygens (including phenoxy) is 2. The van der Waals surface area contributed by atoms with Gasteiger partial charge in [0.2, 0.25) is 0 Å². The van der Waals surface area contributed by atoms with E-state index in [-0.39, 0.29) is 29.9 Å². The molecule has 0 aliphatic heterocycles. The van der Waals surface area contributed by atoms with Crippen LogP contribution in [0.15, 0.2) is 48.5 Å². The fourth-order valence-electron chi connectivity index (χ4n) is 4.14. The molecule has 3 aromatic rings. The lowest BCUT2D eigenvalue weighted by atomic mass is 9.97. The molecule has 0 spiro atoms. The van der Waals surface area contributed by atoms with Crippen LogP contribution in [0.4, 0.5) is 22.0 Å². The first kappa shape index (κ1) is 29.5. The molecule has 1 atom stereocenters. The fraction of sp³-hybridized carbons (Fsp3) is 0.419. The Morgan fingerprint density at radius 2 is 1.50 bits per heavy atom. The summed E-state index contributed by atoms with van der Waals surface area (Å²) in [6.07, 6.45) is 4.20. The van der Waals surface area contributed by atoms with E-state index in [1.54, 1.807) is 18.2 Å². The van der Waals surface area contributed by atoms with Gasteiger partial charge >= 0.3 is 0 Å². The monoisotopic (exact) mass is 534 g/mol. The van der Waals surface area contributed by atoms with Gasteiger partial charge in [-0.1, -0.05) is 63.8 Å². The minimum atomic E-state index is -1.87. The third-order valence-electron chi connectivity index (χ3n) is 6.41. The molecule has 0 bridgehead atoms. The summed E-state index contributed by atoms with van der Waals surface area (Å²) < 4.78 is 84.0. The largest absolute Gasteiger partial charge is 0.493 e. The summed E-state index contributed by atoms with van der Waals surface area (Å²) in [4.78, 5) is 0. The van der Waals surface area contributed by atoms with Gasteiger partial charge in [-0.2, -0.15) is 0 Å². The summed E-state index contributed by atoms with van der Waals surface area (Å²) in [6, 6.07) is 10.8. The van der Waals surface area contributed by atoms with Crippen molar-refractivity contribution >= 4 is 0 Å². The molecule has 0 N–H and O–H groups in total. The van der Waals surface area contributed by atoms with Crippen molar-refractivity contribution in [2.24, 2.45) is 0 Å². The molecule has 3 aromatic carbocycles. The van der Waals surface area contributed by atoms with Crippen molar-refractivity contribution in [2.75, 3.05) is 13.2 Å². The van der Waals surface area contributed by atoms with Crippen molar-refractivity contribution in [1.29, 1.82) is 0 Å². The maximum Gasteiger partial charge on any atom is 0.168 e. The number of unbranched alkanes of at least 4 members (excludes halogenated alkanes) is 4. The molecule has 3 rings (SSSR count). The molecule has 206 valence electrons. The van der Waals surface area contributed by atoms with E-state index < -0.39 is 35.0 Å². The van der Waals surface area contributed by atoms with Gasteiger partial charge in [-0.25, -0.2) is 22.0 Å². The molecule has 38 heavy (non-hydrogen) atoms. The summed E-state index contributed by atoms with van der Waals surface area (Å²) in [5.74, 6) is -3.43. The van der Waals surface area contributed by atoms with Crippen LogP contribution in [0.25, 0.3) is 11.1 Å². The maximum absolute atomic E-state index is 14.9. The summed E-state index contributed by atoms with van der Waals surface area (Å²) in [5.41, 5.74) is 0.0952. The highest BCUT2D eigenvalue weighted by atomic mass is 19.2. The third-order valence-corrected chi connectivity index (χ3v) is 6.41. The van der Waals surface area contributed by atoms with Crippen molar-refractivity contribution < 1.29 is 31.4 Å². The van der Waals surface area contributed by atoms with Gasteiger partial charge in [-0.05, 0) is 48.6 Å². The van der Waals surface area contributed by atoms with Crippen molar-refractivity contribution in [3.8, 4) is 22.6 Å². The summed E-state index contributed by atoms with van der Waals surface area (Å²) in [7, 11) is 0. The molecule has 2 nitrogen and oxygen atoms in total. The van der Waals surface area contributed by atoms with Gasteiger partial charge in [0.25, 0.3) is 0 Å². The van der Waals surface area contributed by atoms with E-state index in [0.29, 0.717) is 24.3 Å². The van der Waals surface area contributed by atoms with Crippen molar-refractivity contribution in [3.63, 3.8) is 0 Å². The molecule has 0 saturated carbocycles. The average Bonchev–Trinajstić information content (AvgIpc) is 2.90. The Labute approximate surface area is 221 Å². The van der Waals surface area contributed by atoms with Crippen LogP contribution in [0, 0.1) is 23.3 Å². The summed E-state index contributed by atoms with van der Waals surface area (Å²) >= 11 is 0. The molecular weight excluding hydrogens is 499 g/mol. The molecule has 7 heteroatoms. The van der Waals surface area contributed by atoms with Gasteiger partial charge in [0, 0.05) is 23.6 Å². The number of hydrogen-bond donors (Lipinski definition) is 0. The predicted molar refractivity (Wildman–Crippen MR) is 140 cm³/mol. The Bertz CT molecular complexity index is 1180. The molecule has 0 aromatic heterocycles. The highest BCUT2D eigenvalue weighted by Gasteiger charge is 2.22. The molecular formula is C31H35F5O2. The topological polar surface area (TPSA) is 18.5 Å². The second-order valence-corrected chi connectivity index (χ2v) is 9.35. The second-order valence-electron chi connectivity index (χ2n) is 9.35. The smallest absolute Gasteiger partial charge is 0.168 e. The van der Waals surface area contributed by atoms with Crippen LogP contribution in [0.1, 0.15) is 76.1 Å². The highest BCUT2D eigenvalue weighted by Crippen LogP contribution is 2.33. The lowest BCUT2D eigenvalue weighted by molar-refractivity contribution is 0.226. The average molecular weight is 535 g/mol. The molecule has 0 fully saturated rings. The van der Waals surface area contributed by atoms with Crippen LogP contribution in [0.2, 0.25) is 0 Å². The zero-order valence-corrected chi connectivity index (χ0v) is 22.0. The zero-order chi connectivity index (χ0) is 27.5. The molecule has 1 unspecified atom stereocenters. The van der Waals surface area contributed by atoms with Crippen LogP contribution < -0.4 is 9.47 Å². The maximum atomic E-state index is 14.9. The van der Waals surface area contributed by atoms with Gasteiger partial charge < -0.3 is 9.47 Å². The minimum Gasteiger partial charge on any atom is -0.493 e. The van der Waals surface area contributed by atoms with Crippen molar-refractivity contribution in [3.05, 3.63) is 82.9 Å². The van der Waals surface area contributed by atoms with Crippen molar-refractivity contribution in [2.45, 2.75) is 71.4 Å². The normalized spacial score (nSPS) is 12.0. The molecule has 0 aliphatic rings. The zero-order valence-electron chi connectivity index (χ0n) is 22.0. The van der Waals surface area contributed by atoms with Gasteiger partial charge in [0.15, 0.2) is 23.2 Å².